The van der Waals surface area contributed by atoms with Crippen molar-refractivity contribution in [3.05, 3.63) is 77.4 Å². The van der Waals surface area contributed by atoms with Gasteiger partial charge in [-0.15, -0.1) is 0 Å². The zero-order valence-corrected chi connectivity index (χ0v) is 26.5. The predicted octanol–water partition coefficient (Wildman–Crippen LogP) is 4.75. The minimum atomic E-state index is -0.423. The van der Waals surface area contributed by atoms with Gasteiger partial charge in [-0.1, -0.05) is 44.0 Å². The Bertz CT molecular complexity index is 1500. The molecule has 5 atom stereocenters. The summed E-state index contributed by atoms with van der Waals surface area (Å²) in [5, 5.41) is 10.8. The first-order valence-electron chi connectivity index (χ1n) is 15.1. The number of rotatable bonds is 12. The first-order chi connectivity index (χ1) is 21.3. The molecule has 44 heavy (non-hydrogen) atoms. The van der Waals surface area contributed by atoms with Gasteiger partial charge in [0.2, 0.25) is 0 Å². The van der Waals surface area contributed by atoms with Crippen LogP contribution in [0.5, 0.6) is 28.7 Å². The molecule has 3 heterocycles. The summed E-state index contributed by atoms with van der Waals surface area (Å²) in [5.74, 6) is 3.39. The van der Waals surface area contributed by atoms with Crippen LogP contribution in [0.2, 0.25) is 0 Å². The van der Waals surface area contributed by atoms with Crippen molar-refractivity contribution in [1.29, 1.82) is 5.26 Å². The molecule has 3 aliphatic heterocycles. The van der Waals surface area contributed by atoms with Gasteiger partial charge in [-0.25, -0.2) is 0 Å². The minimum Gasteiger partial charge on any atom is -0.493 e. The lowest BCUT2D eigenvalue weighted by molar-refractivity contribution is -0.0712. The van der Waals surface area contributed by atoms with Crippen LogP contribution in [0.15, 0.2) is 44.0 Å². The topological polar surface area (TPSA) is 102 Å². The maximum atomic E-state index is 10.8. The third kappa shape index (κ3) is 4.82. The van der Waals surface area contributed by atoms with Crippen LogP contribution in [0.25, 0.3) is 0 Å². The van der Waals surface area contributed by atoms with E-state index >= 15 is 0 Å². The van der Waals surface area contributed by atoms with Crippen LogP contribution < -0.4 is 29.4 Å². The molecule has 0 amide bonds. The number of hydrogen-bond acceptors (Lipinski definition) is 9. The lowest BCUT2D eigenvalue weighted by atomic mass is 9.71. The van der Waals surface area contributed by atoms with Crippen molar-refractivity contribution < 1.29 is 23.7 Å². The average molecular weight is 601 g/mol. The van der Waals surface area contributed by atoms with Crippen LogP contribution in [0.3, 0.4) is 0 Å². The lowest BCUT2D eigenvalue weighted by Gasteiger charge is -2.60. The maximum absolute atomic E-state index is 10.8. The quantitative estimate of drug-likeness (QED) is 0.346. The Balaban J connectivity index is 1.81. The summed E-state index contributed by atoms with van der Waals surface area (Å²) in [6.45, 7) is 16.9. The Morgan fingerprint density at radius 1 is 0.886 bits per heavy atom. The number of ether oxygens (including phenoxy) is 5. The molecule has 234 valence electrons. The summed E-state index contributed by atoms with van der Waals surface area (Å²) in [6.07, 6.45) is 6.46. The van der Waals surface area contributed by atoms with Crippen LogP contribution in [-0.4, -0.2) is 75.6 Å². The summed E-state index contributed by atoms with van der Waals surface area (Å²) >= 11 is 0. The fourth-order valence-electron chi connectivity index (χ4n) is 7.73. The Hall–Kier alpha value is -3.97. The number of methoxy groups -OCH3 is 2. The highest BCUT2D eigenvalue weighted by molar-refractivity contribution is 5.66. The maximum Gasteiger partial charge on any atom is 0.167 e. The molecule has 9 nitrogen and oxygen atoms in total. The second kappa shape index (κ2) is 12.9. The number of nitrogens with two attached hydrogens (primary N) is 1. The normalized spacial score (nSPS) is 23.7. The molecule has 0 aliphatic carbocycles. The highest BCUT2D eigenvalue weighted by Gasteiger charge is 2.56. The van der Waals surface area contributed by atoms with E-state index in [0.29, 0.717) is 49.9 Å². The molecule has 2 aromatic rings. The van der Waals surface area contributed by atoms with Crippen LogP contribution in [-0.2, 0) is 12.8 Å². The van der Waals surface area contributed by atoms with E-state index in [2.05, 4.69) is 48.7 Å². The van der Waals surface area contributed by atoms with Gasteiger partial charge in [0, 0.05) is 40.9 Å². The van der Waals surface area contributed by atoms with E-state index < -0.39 is 6.04 Å². The van der Waals surface area contributed by atoms with Crippen molar-refractivity contribution in [3.63, 3.8) is 0 Å². The number of benzene rings is 2. The Labute approximate surface area is 261 Å². The fourth-order valence-corrected chi connectivity index (χ4v) is 7.73. The number of fused-ring (bicyclic) bond motifs is 7. The highest BCUT2D eigenvalue weighted by atomic mass is 16.5. The molecule has 9 heteroatoms. The number of piperazine rings is 1. The number of hydrogen-bond donors (Lipinski definition) is 1. The van der Waals surface area contributed by atoms with Gasteiger partial charge in [-0.3, -0.25) is 9.80 Å². The van der Waals surface area contributed by atoms with Gasteiger partial charge in [-0.2, -0.15) is 5.26 Å². The second-order valence-electron chi connectivity index (χ2n) is 11.6. The highest BCUT2D eigenvalue weighted by Crippen LogP contribution is 2.57. The van der Waals surface area contributed by atoms with Crippen LogP contribution >= 0.6 is 0 Å². The first-order valence-corrected chi connectivity index (χ1v) is 15.1. The summed E-state index contributed by atoms with van der Waals surface area (Å²) in [5.41, 5.74) is 12.7. The molecule has 1 saturated heterocycles. The molecule has 2 aromatic carbocycles. The average Bonchev–Trinajstić information content (AvgIpc) is 3.01. The van der Waals surface area contributed by atoms with Crippen LogP contribution in [0.1, 0.15) is 45.5 Å². The summed E-state index contributed by atoms with van der Waals surface area (Å²) in [4.78, 5) is 4.67. The zero-order chi connectivity index (χ0) is 31.7. The van der Waals surface area contributed by atoms with Gasteiger partial charge < -0.3 is 29.4 Å². The molecular weight excluding hydrogens is 556 g/mol. The largest absolute Gasteiger partial charge is 0.493 e. The van der Waals surface area contributed by atoms with E-state index in [9.17, 15) is 5.26 Å². The molecular formula is C35H44N4O5. The molecule has 1 unspecified atom stereocenters. The van der Waals surface area contributed by atoms with Crippen molar-refractivity contribution in [1.82, 2.24) is 9.80 Å². The fraction of sp³-hybridized carbons (Fsp3) is 0.457. The number of aryl methyl sites for hydroxylation is 1. The van der Waals surface area contributed by atoms with E-state index in [0.717, 1.165) is 39.3 Å². The van der Waals surface area contributed by atoms with E-state index in [1.54, 1.807) is 32.4 Å². The van der Waals surface area contributed by atoms with Crippen molar-refractivity contribution in [3.8, 4) is 34.8 Å². The lowest BCUT2D eigenvalue weighted by Crippen LogP contribution is -2.68. The standard InChI is InChI=1S/C35H44N4O5/c1-9-12-42-32-21(5)33(41-8)35(44-14-11-3)29-23(32)17-25-30-28-22(15-20(4)31(40-7)34(28)43-13-10-2)16-24(38(30)6)26(18-36)39(25)27(29)19-37/h9-11,15,24-27,30H,1-3,12-14,16-17,19,37H2,4-8H3/t24-,25?,26-,27-,30-/m0/s1. The van der Waals surface area contributed by atoms with Crippen LogP contribution in [0.4, 0.5) is 0 Å². The molecule has 0 saturated carbocycles. The summed E-state index contributed by atoms with van der Waals surface area (Å²) in [7, 11) is 5.42. The van der Waals surface area contributed by atoms with Gasteiger partial charge in [0.25, 0.3) is 0 Å². The Morgan fingerprint density at radius 2 is 1.48 bits per heavy atom. The van der Waals surface area contributed by atoms with Crippen LogP contribution in [0, 0.1) is 25.2 Å². The number of likely N-dealkylation sites (N-methyl/N-ethyl adjacent to an activating group) is 1. The first kappa shape index (κ1) is 31.5. The molecule has 1 fully saturated rings. The van der Waals surface area contributed by atoms with Crippen molar-refractivity contribution in [2.45, 2.75) is 56.9 Å². The monoisotopic (exact) mass is 600 g/mol. The predicted molar refractivity (Wildman–Crippen MR) is 171 cm³/mol. The molecule has 0 spiro atoms. The van der Waals surface area contributed by atoms with Gasteiger partial charge in [0.05, 0.1) is 32.4 Å². The molecule has 3 aliphatic rings. The van der Waals surface area contributed by atoms with E-state index in [4.69, 9.17) is 29.4 Å². The molecule has 0 radical (unpaired) electrons. The molecule has 0 aromatic heterocycles. The number of nitrogens with zero attached hydrogens (tertiary/aromatic N) is 3. The van der Waals surface area contributed by atoms with Gasteiger partial charge in [0.1, 0.15) is 31.6 Å². The molecule has 2 N–H and O–H groups in total. The second-order valence-corrected chi connectivity index (χ2v) is 11.6. The summed E-state index contributed by atoms with van der Waals surface area (Å²) in [6, 6.07) is 3.80. The van der Waals surface area contributed by atoms with Gasteiger partial charge >= 0.3 is 0 Å². The Morgan fingerprint density at radius 3 is 2.02 bits per heavy atom. The third-order valence-electron chi connectivity index (χ3n) is 9.30. The number of nitriles is 1. The van der Waals surface area contributed by atoms with Crippen molar-refractivity contribution >= 4 is 0 Å². The van der Waals surface area contributed by atoms with Crippen molar-refractivity contribution in [2.75, 3.05) is 47.6 Å². The van der Waals surface area contributed by atoms with Gasteiger partial charge in [-0.05, 0) is 44.9 Å². The zero-order valence-electron chi connectivity index (χ0n) is 26.5. The Kier molecular flexibility index (Phi) is 9.26. The van der Waals surface area contributed by atoms with E-state index in [-0.39, 0.29) is 30.7 Å². The molecule has 5 rings (SSSR count). The van der Waals surface area contributed by atoms with Gasteiger partial charge in [0.15, 0.2) is 23.0 Å². The minimum absolute atomic E-state index is 0.0641. The molecule has 2 bridgehead atoms. The van der Waals surface area contributed by atoms with Crippen molar-refractivity contribution in [2.24, 2.45) is 5.73 Å². The van der Waals surface area contributed by atoms with E-state index in [1.807, 2.05) is 13.8 Å². The SMILES string of the molecule is C=CCOc1c(C)c(OC)c(OCC=C)c2c1CC1[C@H]3c4c(cc(C)c(OC)c4OCC=C)C[C@@H]([C@H](C#N)N1[C@H]2CN)N3C. The third-order valence-corrected chi connectivity index (χ3v) is 9.30. The smallest absolute Gasteiger partial charge is 0.167 e. The van der Waals surface area contributed by atoms with E-state index in [1.165, 1.54) is 5.56 Å². The summed E-state index contributed by atoms with van der Waals surface area (Å²) < 4.78 is 30.9.